The highest BCUT2D eigenvalue weighted by Gasteiger charge is 2.07. The fourth-order valence-electron chi connectivity index (χ4n) is 2.34. The number of benzene rings is 2. The number of aryl methyl sites for hydroxylation is 2. The second-order valence-electron chi connectivity index (χ2n) is 5.32. The number of rotatable bonds is 4. The molecule has 0 aliphatic carbocycles. The molecule has 0 amide bonds. The number of aromatic nitrogens is 2. The van der Waals surface area contributed by atoms with Crippen molar-refractivity contribution in [1.29, 1.82) is 0 Å². The third-order valence-corrected chi connectivity index (χ3v) is 3.67. The molecule has 0 saturated heterocycles. The van der Waals surface area contributed by atoms with Gasteiger partial charge in [-0.3, -0.25) is 0 Å². The standard InChI is InChI=1S/C18H17ClN4/c1-12-10-13(2)17(15(19)11-12)22-16-8-9-20-18(23-16)21-14-6-4-3-5-7-14/h3-11H,1-2H3,(H2,20,21,22,23). The molecular formula is C18H17ClN4. The molecule has 0 aliphatic heterocycles. The Morgan fingerprint density at radius 3 is 2.48 bits per heavy atom. The number of nitrogens with zero attached hydrogens (tertiary/aromatic N) is 2. The van der Waals surface area contributed by atoms with Gasteiger partial charge in [-0.15, -0.1) is 0 Å². The van der Waals surface area contributed by atoms with Gasteiger partial charge in [-0.25, -0.2) is 4.98 Å². The van der Waals surface area contributed by atoms with Gasteiger partial charge in [0.2, 0.25) is 5.95 Å². The summed E-state index contributed by atoms with van der Waals surface area (Å²) >= 11 is 6.33. The van der Waals surface area contributed by atoms with Crippen molar-refractivity contribution < 1.29 is 0 Å². The lowest BCUT2D eigenvalue weighted by Gasteiger charge is -2.13. The van der Waals surface area contributed by atoms with Crippen molar-refractivity contribution in [3.63, 3.8) is 0 Å². The summed E-state index contributed by atoms with van der Waals surface area (Å²) in [5.74, 6) is 1.22. The van der Waals surface area contributed by atoms with Crippen LogP contribution < -0.4 is 10.6 Å². The maximum Gasteiger partial charge on any atom is 0.229 e. The normalized spacial score (nSPS) is 10.4. The van der Waals surface area contributed by atoms with Crippen LogP contribution >= 0.6 is 11.6 Å². The zero-order chi connectivity index (χ0) is 16.2. The highest BCUT2D eigenvalue weighted by Crippen LogP contribution is 2.29. The predicted octanol–water partition coefficient (Wildman–Crippen LogP) is 5.23. The average molecular weight is 325 g/mol. The highest BCUT2D eigenvalue weighted by atomic mass is 35.5. The minimum absolute atomic E-state index is 0.530. The zero-order valence-electron chi connectivity index (χ0n) is 13.0. The first-order chi connectivity index (χ1) is 11.1. The second kappa shape index (κ2) is 6.67. The molecule has 0 unspecified atom stereocenters. The molecule has 0 atom stereocenters. The quantitative estimate of drug-likeness (QED) is 0.689. The summed E-state index contributed by atoms with van der Waals surface area (Å²) in [5, 5.41) is 7.12. The molecule has 3 aromatic rings. The smallest absolute Gasteiger partial charge is 0.229 e. The number of hydrogen-bond donors (Lipinski definition) is 2. The van der Waals surface area contributed by atoms with Gasteiger partial charge >= 0.3 is 0 Å². The van der Waals surface area contributed by atoms with Crippen LogP contribution in [0.15, 0.2) is 54.7 Å². The van der Waals surface area contributed by atoms with E-state index < -0.39 is 0 Å². The molecule has 0 aliphatic rings. The number of hydrogen-bond acceptors (Lipinski definition) is 4. The van der Waals surface area contributed by atoms with Crippen LogP contribution in [0.2, 0.25) is 5.02 Å². The van der Waals surface area contributed by atoms with E-state index in [9.17, 15) is 0 Å². The third kappa shape index (κ3) is 3.79. The lowest BCUT2D eigenvalue weighted by molar-refractivity contribution is 1.16. The van der Waals surface area contributed by atoms with Gasteiger partial charge in [0.05, 0.1) is 10.7 Å². The van der Waals surface area contributed by atoms with Crippen LogP contribution in [0.4, 0.5) is 23.1 Å². The third-order valence-electron chi connectivity index (χ3n) is 3.37. The largest absolute Gasteiger partial charge is 0.339 e. The van der Waals surface area contributed by atoms with Crippen molar-refractivity contribution in [2.75, 3.05) is 10.6 Å². The zero-order valence-corrected chi connectivity index (χ0v) is 13.7. The van der Waals surface area contributed by atoms with E-state index in [-0.39, 0.29) is 0 Å². The maximum absolute atomic E-state index is 6.33. The molecule has 0 radical (unpaired) electrons. The fraction of sp³-hybridized carbons (Fsp3) is 0.111. The van der Waals surface area contributed by atoms with E-state index in [0.29, 0.717) is 16.8 Å². The summed E-state index contributed by atoms with van der Waals surface area (Å²) in [6, 6.07) is 15.6. The van der Waals surface area contributed by atoms with E-state index in [1.165, 1.54) is 0 Å². The molecule has 3 rings (SSSR count). The van der Waals surface area contributed by atoms with E-state index in [0.717, 1.165) is 22.5 Å². The maximum atomic E-state index is 6.33. The van der Waals surface area contributed by atoms with Gasteiger partial charge in [0.1, 0.15) is 5.82 Å². The van der Waals surface area contributed by atoms with Crippen molar-refractivity contribution in [2.24, 2.45) is 0 Å². The highest BCUT2D eigenvalue weighted by molar-refractivity contribution is 6.33. The van der Waals surface area contributed by atoms with Gasteiger partial charge in [0, 0.05) is 11.9 Å². The van der Waals surface area contributed by atoms with Gasteiger partial charge in [-0.2, -0.15) is 4.98 Å². The summed E-state index contributed by atoms with van der Waals surface area (Å²) in [5.41, 5.74) is 4.01. The van der Waals surface area contributed by atoms with Crippen molar-refractivity contribution in [3.05, 3.63) is 70.9 Å². The molecule has 0 bridgehead atoms. The summed E-state index contributed by atoms with van der Waals surface area (Å²) in [6.45, 7) is 4.04. The topological polar surface area (TPSA) is 49.8 Å². The van der Waals surface area contributed by atoms with Crippen LogP contribution in [-0.4, -0.2) is 9.97 Å². The van der Waals surface area contributed by atoms with E-state index in [1.54, 1.807) is 6.20 Å². The molecule has 5 heteroatoms. The summed E-state index contributed by atoms with van der Waals surface area (Å²) in [4.78, 5) is 8.72. The van der Waals surface area contributed by atoms with Crippen molar-refractivity contribution >= 4 is 34.7 Å². The van der Waals surface area contributed by atoms with Crippen LogP contribution in [0.3, 0.4) is 0 Å². The Labute approximate surface area is 140 Å². The van der Waals surface area contributed by atoms with Crippen LogP contribution in [0.5, 0.6) is 0 Å². The van der Waals surface area contributed by atoms with Crippen LogP contribution in [0.25, 0.3) is 0 Å². The number of nitrogens with one attached hydrogen (secondary N) is 2. The molecule has 23 heavy (non-hydrogen) atoms. The number of para-hydroxylation sites is 1. The van der Waals surface area contributed by atoms with Gasteiger partial charge < -0.3 is 10.6 Å². The molecule has 2 aromatic carbocycles. The summed E-state index contributed by atoms with van der Waals surface area (Å²) < 4.78 is 0. The molecule has 4 nitrogen and oxygen atoms in total. The Morgan fingerprint density at radius 2 is 1.74 bits per heavy atom. The molecule has 0 spiro atoms. The lowest BCUT2D eigenvalue weighted by Crippen LogP contribution is -2.01. The molecule has 2 N–H and O–H groups in total. The van der Waals surface area contributed by atoms with Crippen molar-refractivity contribution in [3.8, 4) is 0 Å². The first kappa shape index (κ1) is 15.3. The Hall–Kier alpha value is -2.59. The van der Waals surface area contributed by atoms with E-state index in [4.69, 9.17) is 11.6 Å². The Morgan fingerprint density at radius 1 is 0.957 bits per heavy atom. The van der Waals surface area contributed by atoms with Crippen molar-refractivity contribution in [1.82, 2.24) is 9.97 Å². The van der Waals surface area contributed by atoms with Crippen LogP contribution in [0, 0.1) is 13.8 Å². The van der Waals surface area contributed by atoms with E-state index in [1.807, 2.05) is 56.3 Å². The van der Waals surface area contributed by atoms with E-state index in [2.05, 4.69) is 26.7 Å². The monoisotopic (exact) mass is 324 g/mol. The van der Waals surface area contributed by atoms with Gasteiger partial charge in [0.25, 0.3) is 0 Å². The minimum atomic E-state index is 0.530. The molecule has 1 aromatic heterocycles. The summed E-state index contributed by atoms with van der Waals surface area (Å²) in [6.07, 6.45) is 1.71. The number of anilines is 4. The van der Waals surface area contributed by atoms with Crippen LogP contribution in [-0.2, 0) is 0 Å². The minimum Gasteiger partial charge on any atom is -0.339 e. The summed E-state index contributed by atoms with van der Waals surface area (Å²) in [7, 11) is 0. The van der Waals surface area contributed by atoms with Crippen molar-refractivity contribution in [2.45, 2.75) is 13.8 Å². The Kier molecular flexibility index (Phi) is 4.44. The second-order valence-corrected chi connectivity index (χ2v) is 5.73. The average Bonchev–Trinajstić information content (AvgIpc) is 2.52. The Balaban J connectivity index is 1.83. The fourth-order valence-corrected chi connectivity index (χ4v) is 2.71. The number of halogens is 1. The molecular weight excluding hydrogens is 308 g/mol. The molecule has 0 saturated carbocycles. The molecule has 0 fully saturated rings. The van der Waals surface area contributed by atoms with Crippen LogP contribution in [0.1, 0.15) is 11.1 Å². The molecule has 116 valence electrons. The van der Waals surface area contributed by atoms with Gasteiger partial charge in [-0.1, -0.05) is 35.9 Å². The predicted molar refractivity (Wildman–Crippen MR) is 96.0 cm³/mol. The van der Waals surface area contributed by atoms with Gasteiger partial charge in [0.15, 0.2) is 0 Å². The lowest BCUT2D eigenvalue weighted by atomic mass is 10.1. The Bertz CT molecular complexity index is 795. The van der Waals surface area contributed by atoms with Gasteiger partial charge in [-0.05, 0) is 49.2 Å². The molecule has 1 heterocycles. The van der Waals surface area contributed by atoms with E-state index >= 15 is 0 Å². The first-order valence-electron chi connectivity index (χ1n) is 7.31. The first-order valence-corrected chi connectivity index (χ1v) is 7.68. The SMILES string of the molecule is Cc1cc(C)c(Nc2ccnc(Nc3ccccc3)n2)c(Cl)c1.